The number of nitrogens with two attached hydrogens (primary N) is 1. The molecule has 1 amide bonds. The van der Waals surface area contributed by atoms with Crippen molar-refractivity contribution < 1.29 is 13.2 Å². The van der Waals surface area contributed by atoms with Crippen molar-refractivity contribution >= 4 is 15.9 Å². The first-order chi connectivity index (χ1) is 8.97. The molecular formula is C13H18N2O3S. The van der Waals surface area contributed by atoms with Crippen LogP contribution >= 0.6 is 0 Å². The zero-order valence-corrected chi connectivity index (χ0v) is 11.4. The van der Waals surface area contributed by atoms with E-state index in [9.17, 15) is 13.2 Å². The molecule has 1 fully saturated rings. The highest BCUT2D eigenvalue weighted by atomic mass is 32.2. The van der Waals surface area contributed by atoms with Crippen LogP contribution in [0.5, 0.6) is 0 Å². The summed E-state index contributed by atoms with van der Waals surface area (Å²) in [5.41, 5.74) is 0.860. The molecule has 1 aliphatic rings. The minimum atomic E-state index is -3.65. The smallest absolute Gasteiger partial charge is 0.238 e. The number of carbonyl (C=O) groups is 1. The highest BCUT2D eigenvalue weighted by molar-refractivity contribution is 7.89. The summed E-state index contributed by atoms with van der Waals surface area (Å²) in [7, 11) is -3.65. The summed E-state index contributed by atoms with van der Waals surface area (Å²) in [5, 5.41) is 7.89. The van der Waals surface area contributed by atoms with E-state index in [2.05, 4.69) is 5.32 Å². The van der Waals surface area contributed by atoms with Crippen molar-refractivity contribution in [2.45, 2.75) is 37.1 Å². The van der Waals surface area contributed by atoms with Crippen LogP contribution in [-0.2, 0) is 21.4 Å². The van der Waals surface area contributed by atoms with Gasteiger partial charge in [0.15, 0.2) is 0 Å². The molecule has 0 bridgehead atoms. The molecule has 0 aliphatic heterocycles. The first-order valence-corrected chi connectivity index (χ1v) is 7.91. The molecule has 0 unspecified atom stereocenters. The normalized spacial score (nSPS) is 16.5. The van der Waals surface area contributed by atoms with Crippen LogP contribution in [0.25, 0.3) is 0 Å². The zero-order chi connectivity index (χ0) is 13.9. The van der Waals surface area contributed by atoms with Gasteiger partial charge in [-0.15, -0.1) is 0 Å². The third kappa shape index (κ3) is 3.78. The van der Waals surface area contributed by atoms with E-state index in [1.165, 1.54) is 12.1 Å². The highest BCUT2D eigenvalue weighted by Gasteiger charge is 2.22. The Hall–Kier alpha value is -1.40. The van der Waals surface area contributed by atoms with E-state index in [0.29, 0.717) is 6.54 Å². The van der Waals surface area contributed by atoms with Gasteiger partial charge in [0.25, 0.3) is 0 Å². The van der Waals surface area contributed by atoms with E-state index in [-0.39, 0.29) is 16.7 Å². The largest absolute Gasteiger partial charge is 0.352 e. The Morgan fingerprint density at radius 3 is 2.32 bits per heavy atom. The van der Waals surface area contributed by atoms with Gasteiger partial charge < -0.3 is 5.32 Å². The Kier molecular flexibility index (Phi) is 4.21. The number of hydrogen-bond donors (Lipinski definition) is 2. The van der Waals surface area contributed by atoms with Crippen LogP contribution in [0.15, 0.2) is 29.2 Å². The fourth-order valence-electron chi connectivity index (χ4n) is 2.32. The molecule has 0 spiro atoms. The molecule has 2 rings (SSSR count). The Morgan fingerprint density at radius 1 is 1.21 bits per heavy atom. The van der Waals surface area contributed by atoms with Crippen molar-refractivity contribution in [2.24, 2.45) is 11.1 Å². The fraction of sp³-hybridized carbons (Fsp3) is 0.462. The quantitative estimate of drug-likeness (QED) is 0.867. The second kappa shape index (κ2) is 5.71. The molecule has 1 aliphatic carbocycles. The van der Waals surface area contributed by atoms with Crippen LogP contribution in [0, 0.1) is 5.92 Å². The van der Waals surface area contributed by atoms with E-state index >= 15 is 0 Å². The fourth-order valence-corrected chi connectivity index (χ4v) is 2.83. The molecule has 0 saturated heterocycles. The van der Waals surface area contributed by atoms with Gasteiger partial charge in [0, 0.05) is 12.5 Å². The molecule has 19 heavy (non-hydrogen) atoms. The average molecular weight is 282 g/mol. The van der Waals surface area contributed by atoms with Gasteiger partial charge in [-0.3, -0.25) is 4.79 Å². The monoisotopic (exact) mass is 282 g/mol. The molecule has 3 N–H and O–H groups in total. The number of nitrogens with one attached hydrogen (secondary N) is 1. The predicted octanol–water partition coefficient (Wildman–Crippen LogP) is 1.14. The van der Waals surface area contributed by atoms with E-state index in [1.54, 1.807) is 12.1 Å². The second-order valence-electron chi connectivity index (χ2n) is 4.89. The molecule has 0 heterocycles. The number of carbonyl (C=O) groups excluding carboxylic acids is 1. The summed E-state index contributed by atoms with van der Waals surface area (Å²) in [5.74, 6) is 0.233. The summed E-state index contributed by atoms with van der Waals surface area (Å²) in [6.45, 7) is 0.417. The Balaban J connectivity index is 1.91. The van der Waals surface area contributed by atoms with E-state index in [1.807, 2.05) is 0 Å². The second-order valence-corrected chi connectivity index (χ2v) is 6.45. The Labute approximate surface area is 113 Å². The first-order valence-electron chi connectivity index (χ1n) is 6.36. The van der Waals surface area contributed by atoms with Gasteiger partial charge in [0.1, 0.15) is 0 Å². The zero-order valence-electron chi connectivity index (χ0n) is 10.6. The predicted molar refractivity (Wildman–Crippen MR) is 71.6 cm³/mol. The van der Waals surface area contributed by atoms with Gasteiger partial charge >= 0.3 is 0 Å². The lowest BCUT2D eigenvalue weighted by Crippen LogP contribution is -2.28. The number of sulfonamides is 1. The average Bonchev–Trinajstić information content (AvgIpc) is 2.89. The van der Waals surface area contributed by atoms with Crippen LogP contribution < -0.4 is 10.5 Å². The van der Waals surface area contributed by atoms with Crippen molar-refractivity contribution in [2.75, 3.05) is 0 Å². The molecule has 5 nitrogen and oxygen atoms in total. The summed E-state index contributed by atoms with van der Waals surface area (Å²) >= 11 is 0. The first kappa shape index (κ1) is 14.0. The van der Waals surface area contributed by atoms with Gasteiger partial charge in [-0.1, -0.05) is 25.0 Å². The molecule has 0 radical (unpaired) electrons. The Bertz CT molecular complexity index is 546. The van der Waals surface area contributed by atoms with Crippen LogP contribution in [0.1, 0.15) is 31.2 Å². The van der Waals surface area contributed by atoms with Gasteiger partial charge in [-0.25, -0.2) is 13.6 Å². The van der Waals surface area contributed by atoms with Crippen LogP contribution in [0.4, 0.5) is 0 Å². The van der Waals surface area contributed by atoms with Crippen LogP contribution in [0.3, 0.4) is 0 Å². The minimum absolute atomic E-state index is 0.0818. The lowest BCUT2D eigenvalue weighted by atomic mass is 10.1. The van der Waals surface area contributed by atoms with Crippen molar-refractivity contribution in [1.29, 1.82) is 0 Å². The van der Waals surface area contributed by atoms with Gasteiger partial charge in [0.2, 0.25) is 15.9 Å². The van der Waals surface area contributed by atoms with Crippen molar-refractivity contribution in [3.63, 3.8) is 0 Å². The summed E-state index contributed by atoms with van der Waals surface area (Å²) < 4.78 is 22.2. The number of primary sulfonamides is 1. The van der Waals surface area contributed by atoms with E-state index in [4.69, 9.17) is 5.14 Å². The Morgan fingerprint density at radius 2 is 1.79 bits per heavy atom. The lowest BCUT2D eigenvalue weighted by molar-refractivity contribution is -0.124. The number of rotatable bonds is 4. The molecule has 1 aromatic rings. The molecule has 6 heteroatoms. The molecule has 1 saturated carbocycles. The maximum Gasteiger partial charge on any atom is 0.238 e. The van der Waals surface area contributed by atoms with E-state index in [0.717, 1.165) is 31.2 Å². The number of amides is 1. The molecule has 0 aromatic heterocycles. The number of hydrogen-bond acceptors (Lipinski definition) is 3. The minimum Gasteiger partial charge on any atom is -0.352 e. The standard InChI is InChI=1S/C13H18N2O3S/c14-19(17,18)12-7-5-10(6-8-12)9-15-13(16)11-3-1-2-4-11/h5-8,11H,1-4,9H2,(H,15,16)(H2,14,17,18). The third-order valence-corrected chi connectivity index (χ3v) is 4.37. The molecular weight excluding hydrogens is 264 g/mol. The van der Waals surface area contributed by atoms with Gasteiger partial charge in [0.05, 0.1) is 4.90 Å². The maximum absolute atomic E-state index is 11.8. The summed E-state index contributed by atoms with van der Waals surface area (Å²) in [6, 6.07) is 6.22. The lowest BCUT2D eigenvalue weighted by Gasteiger charge is -2.10. The highest BCUT2D eigenvalue weighted by Crippen LogP contribution is 2.24. The topological polar surface area (TPSA) is 89.3 Å². The van der Waals surface area contributed by atoms with Crippen molar-refractivity contribution in [3.8, 4) is 0 Å². The van der Waals surface area contributed by atoms with Crippen LogP contribution in [-0.4, -0.2) is 14.3 Å². The third-order valence-electron chi connectivity index (χ3n) is 3.44. The summed E-state index contributed by atoms with van der Waals surface area (Å²) in [4.78, 5) is 11.9. The SMILES string of the molecule is NS(=O)(=O)c1ccc(CNC(=O)C2CCCC2)cc1. The number of benzene rings is 1. The molecule has 104 valence electrons. The maximum atomic E-state index is 11.8. The molecule has 0 atom stereocenters. The van der Waals surface area contributed by atoms with Crippen LogP contribution in [0.2, 0.25) is 0 Å². The van der Waals surface area contributed by atoms with Gasteiger partial charge in [-0.05, 0) is 30.5 Å². The van der Waals surface area contributed by atoms with E-state index < -0.39 is 10.0 Å². The van der Waals surface area contributed by atoms with Gasteiger partial charge in [-0.2, -0.15) is 0 Å². The summed E-state index contributed by atoms with van der Waals surface area (Å²) in [6.07, 6.45) is 4.19. The molecule has 1 aromatic carbocycles. The van der Waals surface area contributed by atoms with Crippen molar-refractivity contribution in [3.05, 3.63) is 29.8 Å². The van der Waals surface area contributed by atoms with Crippen molar-refractivity contribution in [1.82, 2.24) is 5.32 Å².